The van der Waals surface area contributed by atoms with Gasteiger partial charge in [0.05, 0.1) is 6.61 Å². The van der Waals surface area contributed by atoms with Crippen molar-refractivity contribution in [2.24, 2.45) is 5.92 Å². The first-order valence-corrected chi connectivity index (χ1v) is 7.17. The lowest BCUT2D eigenvalue weighted by molar-refractivity contribution is -0.125. The predicted octanol–water partition coefficient (Wildman–Crippen LogP) is 2.47. The van der Waals surface area contributed by atoms with Crippen LogP contribution in [-0.4, -0.2) is 17.6 Å². The molecule has 0 aliphatic carbocycles. The van der Waals surface area contributed by atoms with Gasteiger partial charge >= 0.3 is 0 Å². The summed E-state index contributed by atoms with van der Waals surface area (Å²) in [5.41, 5.74) is 1.99. The second-order valence-corrected chi connectivity index (χ2v) is 4.70. The van der Waals surface area contributed by atoms with Crippen molar-refractivity contribution in [3.8, 4) is 11.8 Å². The molecule has 0 saturated heterocycles. The highest BCUT2D eigenvalue weighted by atomic mass is 16.2. The van der Waals surface area contributed by atoms with Crippen molar-refractivity contribution in [1.82, 2.24) is 5.32 Å². The van der Waals surface area contributed by atoms with E-state index in [9.17, 15) is 4.79 Å². The molecule has 0 radical (unpaired) electrons. The SMILES string of the molecule is CCC(CC)C(=O)NCc1ccc(C#CCCO)cc1. The molecule has 3 heteroatoms. The Hall–Kier alpha value is -1.79. The molecule has 1 aromatic carbocycles. The minimum Gasteiger partial charge on any atom is -0.395 e. The topological polar surface area (TPSA) is 49.3 Å². The summed E-state index contributed by atoms with van der Waals surface area (Å²) in [6, 6.07) is 7.80. The molecule has 1 rings (SSSR count). The Bertz CT molecular complexity index is 464. The number of hydrogen-bond acceptors (Lipinski definition) is 2. The van der Waals surface area contributed by atoms with E-state index in [-0.39, 0.29) is 18.4 Å². The van der Waals surface area contributed by atoms with Crippen LogP contribution < -0.4 is 5.32 Å². The van der Waals surface area contributed by atoms with Crippen molar-refractivity contribution in [3.63, 3.8) is 0 Å². The maximum Gasteiger partial charge on any atom is 0.223 e. The molecular weight excluding hydrogens is 250 g/mol. The van der Waals surface area contributed by atoms with Gasteiger partial charge in [-0.2, -0.15) is 0 Å². The largest absolute Gasteiger partial charge is 0.395 e. The molecule has 0 aliphatic heterocycles. The van der Waals surface area contributed by atoms with E-state index in [1.807, 2.05) is 38.1 Å². The second kappa shape index (κ2) is 9.17. The van der Waals surface area contributed by atoms with Crippen LogP contribution in [-0.2, 0) is 11.3 Å². The third-order valence-corrected chi connectivity index (χ3v) is 3.25. The van der Waals surface area contributed by atoms with E-state index in [0.717, 1.165) is 24.0 Å². The van der Waals surface area contributed by atoms with Crippen molar-refractivity contribution in [3.05, 3.63) is 35.4 Å². The van der Waals surface area contributed by atoms with Gasteiger partial charge < -0.3 is 10.4 Å². The van der Waals surface area contributed by atoms with Crippen molar-refractivity contribution < 1.29 is 9.90 Å². The van der Waals surface area contributed by atoms with E-state index in [0.29, 0.717) is 13.0 Å². The summed E-state index contributed by atoms with van der Waals surface area (Å²) < 4.78 is 0. The number of aliphatic hydroxyl groups is 1. The third-order valence-electron chi connectivity index (χ3n) is 3.25. The first-order chi connectivity index (χ1) is 9.71. The Kier molecular flexibility index (Phi) is 7.46. The molecule has 0 heterocycles. The molecule has 0 fully saturated rings. The normalized spacial score (nSPS) is 10.0. The molecule has 1 amide bonds. The zero-order valence-electron chi connectivity index (χ0n) is 12.3. The molecule has 0 atom stereocenters. The lowest BCUT2D eigenvalue weighted by Crippen LogP contribution is -2.29. The first-order valence-electron chi connectivity index (χ1n) is 7.17. The van der Waals surface area contributed by atoms with Crippen LogP contribution in [0.15, 0.2) is 24.3 Å². The number of benzene rings is 1. The Labute approximate surface area is 121 Å². The van der Waals surface area contributed by atoms with Crippen LogP contribution in [0.25, 0.3) is 0 Å². The zero-order chi connectivity index (χ0) is 14.8. The number of rotatable bonds is 6. The number of carbonyl (C=O) groups excluding carboxylic acids is 1. The van der Waals surface area contributed by atoms with Gasteiger partial charge in [0.1, 0.15) is 0 Å². The van der Waals surface area contributed by atoms with Crippen molar-refractivity contribution >= 4 is 5.91 Å². The zero-order valence-corrected chi connectivity index (χ0v) is 12.3. The summed E-state index contributed by atoms with van der Waals surface area (Å²) >= 11 is 0. The van der Waals surface area contributed by atoms with E-state index in [1.165, 1.54) is 0 Å². The quantitative estimate of drug-likeness (QED) is 0.782. The fourth-order valence-electron chi connectivity index (χ4n) is 1.92. The smallest absolute Gasteiger partial charge is 0.223 e. The van der Waals surface area contributed by atoms with Gasteiger partial charge in [0.2, 0.25) is 5.91 Å². The van der Waals surface area contributed by atoms with E-state index in [1.54, 1.807) is 0 Å². The molecule has 0 aliphatic rings. The Morgan fingerprint density at radius 2 is 1.90 bits per heavy atom. The highest BCUT2D eigenvalue weighted by molar-refractivity contribution is 5.78. The number of amides is 1. The number of carbonyl (C=O) groups is 1. The summed E-state index contributed by atoms with van der Waals surface area (Å²) in [6.45, 7) is 4.72. The molecular formula is C17H23NO2. The average Bonchev–Trinajstić information content (AvgIpc) is 2.48. The van der Waals surface area contributed by atoms with E-state index < -0.39 is 0 Å². The minimum atomic E-state index is 0.0904. The fourth-order valence-corrected chi connectivity index (χ4v) is 1.92. The predicted molar refractivity (Wildman–Crippen MR) is 80.9 cm³/mol. The minimum absolute atomic E-state index is 0.0904. The maximum absolute atomic E-state index is 11.9. The van der Waals surface area contributed by atoms with Crippen LogP contribution in [0.3, 0.4) is 0 Å². The summed E-state index contributed by atoms with van der Waals surface area (Å²) in [5, 5.41) is 11.6. The summed E-state index contributed by atoms with van der Waals surface area (Å²) in [7, 11) is 0. The van der Waals surface area contributed by atoms with Gasteiger partial charge in [0, 0.05) is 24.4 Å². The Morgan fingerprint density at radius 3 is 2.45 bits per heavy atom. The molecule has 3 nitrogen and oxygen atoms in total. The molecule has 0 unspecified atom stereocenters. The second-order valence-electron chi connectivity index (χ2n) is 4.70. The highest BCUT2D eigenvalue weighted by Crippen LogP contribution is 2.08. The fraction of sp³-hybridized carbons (Fsp3) is 0.471. The third kappa shape index (κ3) is 5.46. The van der Waals surface area contributed by atoms with Gasteiger partial charge in [-0.3, -0.25) is 4.79 Å². The molecule has 2 N–H and O–H groups in total. The van der Waals surface area contributed by atoms with Gasteiger partial charge in [-0.15, -0.1) is 0 Å². The average molecular weight is 273 g/mol. The molecule has 0 spiro atoms. The van der Waals surface area contributed by atoms with Gasteiger partial charge in [0.15, 0.2) is 0 Å². The van der Waals surface area contributed by atoms with Gasteiger partial charge in [-0.1, -0.05) is 37.8 Å². The molecule has 0 aromatic heterocycles. The van der Waals surface area contributed by atoms with Crippen molar-refractivity contribution in [2.75, 3.05) is 6.61 Å². The van der Waals surface area contributed by atoms with Crippen molar-refractivity contribution in [2.45, 2.75) is 39.7 Å². The van der Waals surface area contributed by atoms with Crippen LogP contribution in [0, 0.1) is 17.8 Å². The van der Waals surface area contributed by atoms with Crippen LogP contribution in [0.5, 0.6) is 0 Å². The van der Waals surface area contributed by atoms with Crippen LogP contribution in [0.4, 0.5) is 0 Å². The molecule has 1 aromatic rings. The number of hydrogen-bond donors (Lipinski definition) is 2. The van der Waals surface area contributed by atoms with E-state index in [2.05, 4.69) is 17.2 Å². The van der Waals surface area contributed by atoms with Gasteiger partial charge in [-0.05, 0) is 30.5 Å². The Morgan fingerprint density at radius 1 is 1.25 bits per heavy atom. The molecule has 0 saturated carbocycles. The summed E-state index contributed by atoms with van der Waals surface area (Å²) in [6.07, 6.45) is 2.25. The Balaban J connectivity index is 2.50. The summed E-state index contributed by atoms with van der Waals surface area (Å²) in [5.74, 6) is 6.09. The van der Waals surface area contributed by atoms with Crippen LogP contribution in [0.1, 0.15) is 44.2 Å². The van der Waals surface area contributed by atoms with E-state index >= 15 is 0 Å². The standard InChI is InChI=1S/C17H23NO2/c1-3-16(4-2)17(20)18-13-15-10-8-14(9-11-15)7-5-6-12-19/h8-11,16,19H,3-4,6,12-13H2,1-2H3,(H,18,20). The maximum atomic E-state index is 11.9. The lowest BCUT2D eigenvalue weighted by Gasteiger charge is -2.12. The molecule has 108 valence electrons. The highest BCUT2D eigenvalue weighted by Gasteiger charge is 2.12. The molecule has 20 heavy (non-hydrogen) atoms. The van der Waals surface area contributed by atoms with Crippen LogP contribution in [0.2, 0.25) is 0 Å². The van der Waals surface area contributed by atoms with Crippen molar-refractivity contribution in [1.29, 1.82) is 0 Å². The van der Waals surface area contributed by atoms with E-state index in [4.69, 9.17) is 5.11 Å². The van der Waals surface area contributed by atoms with Gasteiger partial charge in [0.25, 0.3) is 0 Å². The van der Waals surface area contributed by atoms with Gasteiger partial charge in [-0.25, -0.2) is 0 Å². The lowest BCUT2D eigenvalue weighted by atomic mass is 10.0. The molecule has 0 bridgehead atoms. The number of aliphatic hydroxyl groups excluding tert-OH is 1. The number of nitrogens with one attached hydrogen (secondary N) is 1. The monoisotopic (exact) mass is 273 g/mol. The summed E-state index contributed by atoms with van der Waals surface area (Å²) in [4.78, 5) is 11.9. The van der Waals surface area contributed by atoms with Crippen LogP contribution >= 0.6 is 0 Å². The first kappa shape index (κ1) is 16.3.